The summed E-state index contributed by atoms with van der Waals surface area (Å²) in [6.45, 7) is 5.44. The molecule has 1 atom stereocenters. The normalized spacial score (nSPS) is 12.6. The Hall–Kier alpha value is -1.60. The molecule has 1 unspecified atom stereocenters. The molecule has 0 saturated carbocycles. The monoisotopic (exact) mass is 253 g/mol. The summed E-state index contributed by atoms with van der Waals surface area (Å²) in [7, 11) is 0. The topological polar surface area (TPSA) is 12.0 Å². The summed E-state index contributed by atoms with van der Waals surface area (Å²) in [6, 6.07) is 22.1. The SMILES string of the molecule is CCNC(CC)C(c1ccccc1)c1ccccc1. The van der Waals surface area contributed by atoms with Gasteiger partial charge in [0.15, 0.2) is 0 Å². The Morgan fingerprint density at radius 2 is 1.26 bits per heavy atom. The summed E-state index contributed by atoms with van der Waals surface area (Å²) in [5.74, 6) is 0.423. The second-order valence-electron chi connectivity index (χ2n) is 4.87. The highest BCUT2D eigenvalue weighted by atomic mass is 14.9. The highest BCUT2D eigenvalue weighted by Gasteiger charge is 2.22. The molecule has 0 aliphatic carbocycles. The molecule has 0 amide bonds. The zero-order valence-electron chi connectivity index (χ0n) is 11.8. The van der Waals surface area contributed by atoms with Gasteiger partial charge in [-0.2, -0.15) is 0 Å². The van der Waals surface area contributed by atoms with E-state index in [1.54, 1.807) is 0 Å². The number of likely N-dealkylation sites (N-methyl/N-ethyl adjacent to an activating group) is 1. The van der Waals surface area contributed by atoms with E-state index in [-0.39, 0.29) is 0 Å². The quantitative estimate of drug-likeness (QED) is 0.813. The number of benzene rings is 2. The van der Waals surface area contributed by atoms with Crippen LogP contribution in [0.2, 0.25) is 0 Å². The average molecular weight is 253 g/mol. The molecule has 0 spiro atoms. The number of hydrogen-bond donors (Lipinski definition) is 1. The Morgan fingerprint density at radius 1 is 0.789 bits per heavy atom. The molecule has 100 valence electrons. The van der Waals surface area contributed by atoms with E-state index in [4.69, 9.17) is 0 Å². The van der Waals surface area contributed by atoms with Gasteiger partial charge in [-0.15, -0.1) is 0 Å². The van der Waals surface area contributed by atoms with E-state index in [2.05, 4.69) is 79.8 Å². The van der Waals surface area contributed by atoms with E-state index in [0.717, 1.165) is 13.0 Å². The first-order valence-electron chi connectivity index (χ1n) is 7.20. The molecule has 2 aromatic carbocycles. The first-order valence-corrected chi connectivity index (χ1v) is 7.20. The lowest BCUT2D eigenvalue weighted by Gasteiger charge is -2.28. The van der Waals surface area contributed by atoms with Gasteiger partial charge in [0, 0.05) is 12.0 Å². The second-order valence-corrected chi connectivity index (χ2v) is 4.87. The van der Waals surface area contributed by atoms with E-state index < -0.39 is 0 Å². The van der Waals surface area contributed by atoms with Gasteiger partial charge in [0.2, 0.25) is 0 Å². The van der Waals surface area contributed by atoms with E-state index in [9.17, 15) is 0 Å². The van der Waals surface area contributed by atoms with Crippen molar-refractivity contribution in [3.63, 3.8) is 0 Å². The van der Waals surface area contributed by atoms with Crippen molar-refractivity contribution in [1.82, 2.24) is 5.32 Å². The van der Waals surface area contributed by atoms with Crippen LogP contribution in [0.3, 0.4) is 0 Å². The first-order chi connectivity index (χ1) is 9.36. The highest BCUT2D eigenvalue weighted by molar-refractivity contribution is 5.34. The summed E-state index contributed by atoms with van der Waals surface area (Å²) in [5.41, 5.74) is 2.78. The summed E-state index contributed by atoms with van der Waals surface area (Å²) in [4.78, 5) is 0. The van der Waals surface area contributed by atoms with Gasteiger partial charge in [-0.25, -0.2) is 0 Å². The van der Waals surface area contributed by atoms with Gasteiger partial charge in [0.05, 0.1) is 0 Å². The molecule has 2 rings (SSSR count). The van der Waals surface area contributed by atoms with E-state index >= 15 is 0 Å². The van der Waals surface area contributed by atoms with E-state index in [0.29, 0.717) is 12.0 Å². The molecular weight excluding hydrogens is 230 g/mol. The summed E-state index contributed by atoms with van der Waals surface area (Å²) >= 11 is 0. The largest absolute Gasteiger partial charge is 0.313 e. The molecule has 0 aliphatic rings. The van der Waals surface area contributed by atoms with Crippen LogP contribution in [0.4, 0.5) is 0 Å². The molecule has 0 aliphatic heterocycles. The van der Waals surface area contributed by atoms with Crippen molar-refractivity contribution in [2.24, 2.45) is 0 Å². The second kappa shape index (κ2) is 7.10. The first kappa shape index (κ1) is 13.8. The lowest BCUT2D eigenvalue weighted by Crippen LogP contribution is -2.34. The van der Waals surface area contributed by atoms with Gasteiger partial charge in [-0.3, -0.25) is 0 Å². The minimum atomic E-state index is 0.423. The van der Waals surface area contributed by atoms with Gasteiger partial charge >= 0.3 is 0 Å². The minimum Gasteiger partial charge on any atom is -0.313 e. The predicted octanol–water partition coefficient (Wildman–Crippen LogP) is 4.21. The van der Waals surface area contributed by atoms with Gasteiger partial charge < -0.3 is 5.32 Å². The molecule has 1 N–H and O–H groups in total. The zero-order valence-corrected chi connectivity index (χ0v) is 11.8. The summed E-state index contributed by atoms with van der Waals surface area (Å²) in [6.07, 6.45) is 1.13. The summed E-state index contributed by atoms with van der Waals surface area (Å²) < 4.78 is 0. The van der Waals surface area contributed by atoms with Crippen LogP contribution in [0.15, 0.2) is 60.7 Å². The third-order valence-electron chi connectivity index (χ3n) is 3.63. The van der Waals surface area contributed by atoms with Crippen LogP contribution in [0.5, 0.6) is 0 Å². The Kier molecular flexibility index (Phi) is 5.17. The Labute approximate surface area is 116 Å². The van der Waals surface area contributed by atoms with Crippen molar-refractivity contribution in [1.29, 1.82) is 0 Å². The third kappa shape index (κ3) is 3.45. The van der Waals surface area contributed by atoms with Crippen LogP contribution in [-0.4, -0.2) is 12.6 Å². The molecule has 0 fully saturated rings. The molecule has 1 heteroatoms. The number of hydrogen-bond acceptors (Lipinski definition) is 1. The molecule has 0 saturated heterocycles. The number of rotatable bonds is 6. The van der Waals surface area contributed by atoms with Crippen LogP contribution >= 0.6 is 0 Å². The fraction of sp³-hybridized carbons (Fsp3) is 0.333. The predicted molar refractivity (Wildman–Crippen MR) is 82.5 cm³/mol. The van der Waals surface area contributed by atoms with Gasteiger partial charge in [0.1, 0.15) is 0 Å². The molecule has 0 heterocycles. The van der Waals surface area contributed by atoms with Crippen LogP contribution in [0.25, 0.3) is 0 Å². The van der Waals surface area contributed by atoms with Crippen molar-refractivity contribution >= 4 is 0 Å². The fourth-order valence-electron chi connectivity index (χ4n) is 2.74. The fourth-order valence-corrected chi connectivity index (χ4v) is 2.74. The van der Waals surface area contributed by atoms with Gasteiger partial charge in [0.25, 0.3) is 0 Å². The van der Waals surface area contributed by atoms with Crippen molar-refractivity contribution in [2.75, 3.05) is 6.54 Å². The maximum atomic E-state index is 3.63. The Bertz CT molecular complexity index is 424. The molecule has 0 bridgehead atoms. The lowest BCUT2D eigenvalue weighted by molar-refractivity contribution is 0.466. The van der Waals surface area contributed by atoms with Crippen LogP contribution in [-0.2, 0) is 0 Å². The van der Waals surface area contributed by atoms with Crippen molar-refractivity contribution < 1.29 is 0 Å². The van der Waals surface area contributed by atoms with Crippen LogP contribution < -0.4 is 5.32 Å². The number of nitrogens with one attached hydrogen (secondary N) is 1. The zero-order chi connectivity index (χ0) is 13.5. The molecule has 2 aromatic rings. The third-order valence-corrected chi connectivity index (χ3v) is 3.63. The smallest absolute Gasteiger partial charge is 0.0243 e. The maximum Gasteiger partial charge on any atom is 0.0243 e. The summed E-state index contributed by atoms with van der Waals surface area (Å²) in [5, 5.41) is 3.63. The van der Waals surface area contributed by atoms with Gasteiger partial charge in [-0.1, -0.05) is 74.5 Å². The van der Waals surface area contributed by atoms with Gasteiger partial charge in [-0.05, 0) is 24.1 Å². The van der Waals surface area contributed by atoms with Crippen LogP contribution in [0.1, 0.15) is 37.3 Å². The minimum absolute atomic E-state index is 0.423. The standard InChI is InChI=1S/C18H23N/c1-3-17(19-4-2)18(15-11-7-5-8-12-15)16-13-9-6-10-14-16/h5-14,17-19H,3-4H2,1-2H3. The van der Waals surface area contributed by atoms with E-state index in [1.165, 1.54) is 11.1 Å². The Morgan fingerprint density at radius 3 is 1.63 bits per heavy atom. The van der Waals surface area contributed by atoms with Crippen molar-refractivity contribution in [3.8, 4) is 0 Å². The average Bonchev–Trinajstić information content (AvgIpc) is 2.49. The van der Waals surface area contributed by atoms with Crippen LogP contribution in [0, 0.1) is 0 Å². The maximum absolute atomic E-state index is 3.63. The van der Waals surface area contributed by atoms with E-state index in [1.807, 2.05) is 0 Å². The Balaban J connectivity index is 2.38. The molecule has 0 radical (unpaired) electrons. The lowest BCUT2D eigenvalue weighted by atomic mass is 9.84. The molecule has 1 nitrogen and oxygen atoms in total. The molecule has 19 heavy (non-hydrogen) atoms. The molecule has 0 aromatic heterocycles. The van der Waals surface area contributed by atoms with Crippen molar-refractivity contribution in [3.05, 3.63) is 71.8 Å². The highest BCUT2D eigenvalue weighted by Crippen LogP contribution is 2.29. The van der Waals surface area contributed by atoms with Crippen molar-refractivity contribution in [2.45, 2.75) is 32.2 Å². The molecular formula is C18H23N.